The minimum absolute atomic E-state index is 0.00235. The second kappa shape index (κ2) is 6.31. The highest BCUT2D eigenvalue weighted by atomic mass is 16.6. The fraction of sp³-hybridized carbons (Fsp3) is 0.278. The summed E-state index contributed by atoms with van der Waals surface area (Å²) >= 11 is 0. The average molecular weight is 326 g/mol. The van der Waals surface area contributed by atoms with E-state index in [0.717, 1.165) is 11.1 Å². The predicted octanol–water partition coefficient (Wildman–Crippen LogP) is 3.01. The number of carbonyl (C=O) groups is 1. The molecule has 0 saturated carbocycles. The minimum Gasteiger partial charge on any atom is -0.491 e. The highest BCUT2D eigenvalue weighted by Crippen LogP contribution is 2.38. The van der Waals surface area contributed by atoms with E-state index in [4.69, 9.17) is 4.74 Å². The van der Waals surface area contributed by atoms with Crippen molar-refractivity contribution in [1.29, 1.82) is 0 Å². The second-order valence-corrected chi connectivity index (χ2v) is 5.94. The summed E-state index contributed by atoms with van der Waals surface area (Å²) in [4.78, 5) is 24.3. The van der Waals surface area contributed by atoms with Gasteiger partial charge in [-0.15, -0.1) is 0 Å². The van der Waals surface area contributed by atoms with E-state index in [9.17, 15) is 14.9 Å². The van der Waals surface area contributed by atoms with Crippen LogP contribution in [0.2, 0.25) is 0 Å². The molecule has 3 rings (SSSR count). The molecule has 2 atom stereocenters. The Labute approximate surface area is 139 Å². The molecular weight excluding hydrogens is 308 g/mol. The number of ether oxygens (including phenoxy) is 1. The number of benzene rings is 1. The molecule has 6 heteroatoms. The summed E-state index contributed by atoms with van der Waals surface area (Å²) in [6, 6.07) is 9.21. The van der Waals surface area contributed by atoms with E-state index in [1.165, 1.54) is 13.0 Å². The lowest BCUT2D eigenvalue weighted by atomic mass is 9.89. The molecule has 0 unspecified atom stereocenters. The number of amides is 1. The molecule has 6 nitrogen and oxygen atoms in total. The van der Waals surface area contributed by atoms with Crippen molar-refractivity contribution in [3.05, 3.63) is 81.4 Å². The van der Waals surface area contributed by atoms with Crippen molar-refractivity contribution in [2.45, 2.75) is 26.5 Å². The Balaban J connectivity index is 1.90. The molecule has 0 radical (unpaired) electrons. The maximum Gasteiger partial charge on any atom is 0.269 e. The van der Waals surface area contributed by atoms with Crippen LogP contribution in [0.15, 0.2) is 65.7 Å². The lowest BCUT2D eigenvalue weighted by Gasteiger charge is -2.30. The average Bonchev–Trinajstić information content (AvgIpc) is 2.91. The number of nitro groups is 1. The van der Waals surface area contributed by atoms with Crippen LogP contribution >= 0.6 is 0 Å². The maximum absolute atomic E-state index is 11.9. The predicted molar refractivity (Wildman–Crippen MR) is 87.9 cm³/mol. The third-order valence-corrected chi connectivity index (χ3v) is 4.26. The lowest BCUT2D eigenvalue weighted by Crippen LogP contribution is -2.39. The Morgan fingerprint density at radius 3 is 2.67 bits per heavy atom. The molecule has 1 amide bonds. The van der Waals surface area contributed by atoms with Crippen LogP contribution in [-0.2, 0) is 16.1 Å². The van der Waals surface area contributed by atoms with E-state index >= 15 is 0 Å². The number of carbonyl (C=O) groups excluding carboxylic acids is 1. The van der Waals surface area contributed by atoms with Gasteiger partial charge in [0.05, 0.1) is 11.0 Å². The standard InChI is InChI=1S/C18H18N2O4/c1-12-10-19(13(2)21)18-16(12)8-15(20(22)23)9-17(18)24-11-14-6-4-3-5-7-14/h3-10,16,18H,11H2,1-2H3/t16-,18-/m0/s1. The van der Waals surface area contributed by atoms with Crippen LogP contribution in [0.25, 0.3) is 0 Å². The van der Waals surface area contributed by atoms with Crippen LogP contribution in [0.4, 0.5) is 0 Å². The topological polar surface area (TPSA) is 72.7 Å². The molecule has 1 aromatic rings. The van der Waals surface area contributed by atoms with Gasteiger partial charge in [0.25, 0.3) is 5.70 Å². The molecule has 0 aromatic heterocycles. The van der Waals surface area contributed by atoms with E-state index in [0.29, 0.717) is 12.4 Å². The zero-order valence-corrected chi connectivity index (χ0v) is 13.5. The summed E-state index contributed by atoms with van der Waals surface area (Å²) < 4.78 is 5.88. The first-order valence-electron chi connectivity index (χ1n) is 7.69. The van der Waals surface area contributed by atoms with Crippen molar-refractivity contribution in [2.24, 2.45) is 5.92 Å². The van der Waals surface area contributed by atoms with Crippen LogP contribution in [-0.4, -0.2) is 21.8 Å². The summed E-state index contributed by atoms with van der Waals surface area (Å²) in [6.45, 7) is 3.65. The van der Waals surface area contributed by atoms with Gasteiger partial charge < -0.3 is 9.64 Å². The molecule has 0 saturated heterocycles. The van der Waals surface area contributed by atoms with Gasteiger partial charge in [0.15, 0.2) is 0 Å². The number of nitrogens with zero attached hydrogens (tertiary/aromatic N) is 2. The van der Waals surface area contributed by atoms with Gasteiger partial charge in [0, 0.05) is 25.1 Å². The van der Waals surface area contributed by atoms with Crippen molar-refractivity contribution < 1.29 is 14.5 Å². The Bertz CT molecular complexity index is 764. The largest absolute Gasteiger partial charge is 0.491 e. The quantitative estimate of drug-likeness (QED) is 0.630. The smallest absolute Gasteiger partial charge is 0.269 e. The van der Waals surface area contributed by atoms with Crippen molar-refractivity contribution in [3.63, 3.8) is 0 Å². The third kappa shape index (κ3) is 2.95. The first kappa shape index (κ1) is 16.0. The van der Waals surface area contributed by atoms with Crippen LogP contribution in [0.3, 0.4) is 0 Å². The first-order chi connectivity index (χ1) is 11.5. The van der Waals surface area contributed by atoms with Gasteiger partial charge in [-0.25, -0.2) is 0 Å². The van der Waals surface area contributed by atoms with Gasteiger partial charge in [-0.05, 0) is 18.1 Å². The number of allylic oxidation sites excluding steroid dienone is 1. The summed E-state index contributed by atoms with van der Waals surface area (Å²) in [5.74, 6) is 0.0976. The van der Waals surface area contributed by atoms with Gasteiger partial charge in [0.2, 0.25) is 5.91 Å². The summed E-state index contributed by atoms with van der Waals surface area (Å²) in [5, 5.41) is 11.2. The van der Waals surface area contributed by atoms with Gasteiger partial charge in [-0.1, -0.05) is 30.3 Å². The Kier molecular flexibility index (Phi) is 4.20. The monoisotopic (exact) mass is 326 g/mol. The zero-order valence-electron chi connectivity index (χ0n) is 13.5. The molecule has 124 valence electrons. The Morgan fingerprint density at radius 1 is 1.33 bits per heavy atom. The van der Waals surface area contributed by atoms with Crippen molar-refractivity contribution in [2.75, 3.05) is 0 Å². The van der Waals surface area contributed by atoms with E-state index in [2.05, 4.69) is 0 Å². The Hall–Kier alpha value is -2.89. The van der Waals surface area contributed by atoms with Crippen LogP contribution < -0.4 is 0 Å². The minimum atomic E-state index is -0.425. The van der Waals surface area contributed by atoms with Crippen LogP contribution in [0, 0.1) is 16.0 Å². The molecule has 1 aromatic carbocycles. The highest BCUT2D eigenvalue weighted by Gasteiger charge is 2.42. The molecule has 0 spiro atoms. The summed E-state index contributed by atoms with van der Waals surface area (Å²) in [5.41, 5.74) is 1.87. The molecular formula is C18H18N2O4. The number of fused-ring (bicyclic) bond motifs is 1. The van der Waals surface area contributed by atoms with E-state index in [1.54, 1.807) is 17.2 Å². The number of rotatable bonds is 4. The fourth-order valence-electron chi connectivity index (χ4n) is 3.08. The molecule has 0 N–H and O–H groups in total. The van der Waals surface area contributed by atoms with E-state index in [1.807, 2.05) is 37.3 Å². The fourth-order valence-corrected chi connectivity index (χ4v) is 3.08. The van der Waals surface area contributed by atoms with Crippen molar-refractivity contribution in [3.8, 4) is 0 Å². The molecule has 1 heterocycles. The van der Waals surface area contributed by atoms with Gasteiger partial charge in [-0.3, -0.25) is 14.9 Å². The Morgan fingerprint density at radius 2 is 2.04 bits per heavy atom. The highest BCUT2D eigenvalue weighted by molar-refractivity contribution is 5.76. The number of hydrogen-bond donors (Lipinski definition) is 0. The summed E-state index contributed by atoms with van der Waals surface area (Å²) in [6.07, 6.45) is 4.76. The van der Waals surface area contributed by atoms with Crippen molar-refractivity contribution >= 4 is 5.91 Å². The lowest BCUT2D eigenvalue weighted by molar-refractivity contribution is -0.420. The zero-order chi connectivity index (χ0) is 17.3. The van der Waals surface area contributed by atoms with Crippen LogP contribution in [0.5, 0.6) is 0 Å². The second-order valence-electron chi connectivity index (χ2n) is 5.94. The normalized spacial score (nSPS) is 22.2. The van der Waals surface area contributed by atoms with E-state index < -0.39 is 4.92 Å². The van der Waals surface area contributed by atoms with Crippen molar-refractivity contribution in [1.82, 2.24) is 4.90 Å². The van der Waals surface area contributed by atoms with Gasteiger partial charge in [-0.2, -0.15) is 0 Å². The molecule has 24 heavy (non-hydrogen) atoms. The number of hydrogen-bond acceptors (Lipinski definition) is 4. The van der Waals surface area contributed by atoms with E-state index in [-0.39, 0.29) is 23.6 Å². The molecule has 1 aliphatic heterocycles. The summed E-state index contributed by atoms with van der Waals surface area (Å²) in [7, 11) is 0. The van der Waals surface area contributed by atoms with Crippen LogP contribution in [0.1, 0.15) is 19.4 Å². The third-order valence-electron chi connectivity index (χ3n) is 4.26. The van der Waals surface area contributed by atoms with Gasteiger partial charge in [0.1, 0.15) is 18.4 Å². The van der Waals surface area contributed by atoms with Gasteiger partial charge >= 0.3 is 0 Å². The first-order valence-corrected chi connectivity index (χ1v) is 7.69. The SMILES string of the molecule is CC(=O)N1C=C(C)[C@@H]2C=C([N+](=O)[O-])C=C(OCc3ccccc3)[C@H]21. The molecule has 0 fully saturated rings. The molecule has 1 aliphatic carbocycles. The maximum atomic E-state index is 11.9. The molecule has 2 aliphatic rings. The molecule has 0 bridgehead atoms.